The first-order chi connectivity index (χ1) is 13.4. The van der Waals surface area contributed by atoms with E-state index in [-0.39, 0.29) is 45.9 Å². The molecule has 0 fully saturated rings. The molecule has 10 heteroatoms. The zero-order valence-electron chi connectivity index (χ0n) is 14.7. The van der Waals surface area contributed by atoms with Crippen LogP contribution in [0.4, 0.5) is 11.4 Å². The first kappa shape index (κ1) is 19.0. The normalized spacial score (nSPS) is 13.1. The zero-order chi connectivity index (χ0) is 20.4. The van der Waals surface area contributed by atoms with Crippen molar-refractivity contribution in [3.8, 4) is 11.1 Å². The number of carbonyl (C=O) groups is 1. The van der Waals surface area contributed by atoms with Crippen LogP contribution in [0, 0.1) is 20.2 Å². The molecule has 0 amide bonds. The number of ether oxygens (including phenoxy) is 1. The Labute approximate surface area is 158 Å². The number of esters is 1. The molecule has 3 rings (SSSR count). The van der Waals surface area contributed by atoms with Crippen LogP contribution in [-0.2, 0) is 4.74 Å². The maximum atomic E-state index is 12.6. The standard InChI is InChI=1S/C18H15N3O7/c1-2-3-6-28-18(22)15-9-11(21(26)27)8-14-16(15)12-5-4-10(20(24)25)7-13(12)17(14)19-23/h4-5,7-9,23H,2-3,6H2,1H3. The van der Waals surface area contributed by atoms with E-state index in [1.807, 2.05) is 6.92 Å². The highest BCUT2D eigenvalue weighted by molar-refractivity contribution is 6.27. The molecule has 2 aromatic rings. The van der Waals surface area contributed by atoms with Gasteiger partial charge in [0.2, 0.25) is 0 Å². The summed E-state index contributed by atoms with van der Waals surface area (Å²) in [5.41, 5.74) is 0.243. The van der Waals surface area contributed by atoms with E-state index in [0.29, 0.717) is 12.0 Å². The van der Waals surface area contributed by atoms with Crippen LogP contribution in [0.5, 0.6) is 0 Å². The van der Waals surface area contributed by atoms with Gasteiger partial charge in [-0.05, 0) is 18.1 Å². The quantitative estimate of drug-likeness (QED) is 0.224. The lowest BCUT2D eigenvalue weighted by Gasteiger charge is -2.09. The summed E-state index contributed by atoms with van der Waals surface area (Å²) in [4.78, 5) is 33.7. The highest BCUT2D eigenvalue weighted by atomic mass is 16.6. The molecule has 0 bridgehead atoms. The molecule has 2 aromatic carbocycles. The predicted octanol–water partition coefficient (Wildman–Crippen LogP) is 3.67. The third kappa shape index (κ3) is 3.15. The maximum absolute atomic E-state index is 12.6. The Morgan fingerprint density at radius 3 is 2.36 bits per heavy atom. The zero-order valence-corrected chi connectivity index (χ0v) is 14.7. The molecule has 0 radical (unpaired) electrons. The minimum Gasteiger partial charge on any atom is -0.462 e. The number of benzene rings is 2. The van der Waals surface area contributed by atoms with Gasteiger partial charge in [0.25, 0.3) is 11.4 Å². The van der Waals surface area contributed by atoms with Crippen LogP contribution in [0.2, 0.25) is 0 Å². The van der Waals surface area contributed by atoms with Crippen molar-refractivity contribution in [2.45, 2.75) is 19.8 Å². The molecule has 0 aliphatic heterocycles. The fourth-order valence-electron chi connectivity index (χ4n) is 3.07. The summed E-state index contributed by atoms with van der Waals surface area (Å²) in [6.07, 6.45) is 1.43. The van der Waals surface area contributed by atoms with Gasteiger partial charge in [-0.1, -0.05) is 18.5 Å². The number of hydrogen-bond acceptors (Lipinski definition) is 8. The minimum atomic E-state index is -0.753. The van der Waals surface area contributed by atoms with Crippen LogP contribution >= 0.6 is 0 Å². The van der Waals surface area contributed by atoms with Crippen LogP contribution in [-0.4, -0.2) is 33.3 Å². The van der Waals surface area contributed by atoms with Crippen molar-refractivity contribution in [1.29, 1.82) is 0 Å². The Bertz CT molecular complexity index is 1030. The highest BCUT2D eigenvalue weighted by Gasteiger charge is 2.34. The van der Waals surface area contributed by atoms with E-state index in [0.717, 1.165) is 12.5 Å². The number of nitro groups is 2. The molecule has 0 heterocycles. The summed E-state index contributed by atoms with van der Waals surface area (Å²) in [7, 11) is 0. The third-order valence-electron chi connectivity index (χ3n) is 4.38. The fraction of sp³-hybridized carbons (Fsp3) is 0.222. The Morgan fingerprint density at radius 2 is 1.75 bits per heavy atom. The van der Waals surface area contributed by atoms with Gasteiger partial charge in [-0.3, -0.25) is 20.2 Å². The molecule has 1 N–H and O–H groups in total. The Balaban J connectivity index is 2.23. The second-order valence-electron chi connectivity index (χ2n) is 6.10. The molecule has 0 atom stereocenters. The number of carbonyl (C=O) groups excluding carboxylic acids is 1. The van der Waals surface area contributed by atoms with Crippen molar-refractivity contribution in [2.24, 2.45) is 5.16 Å². The number of fused-ring (bicyclic) bond motifs is 3. The van der Waals surface area contributed by atoms with Gasteiger partial charge in [0, 0.05) is 41.0 Å². The molecule has 28 heavy (non-hydrogen) atoms. The summed E-state index contributed by atoms with van der Waals surface area (Å²) < 4.78 is 5.20. The first-order valence-electron chi connectivity index (χ1n) is 8.40. The summed E-state index contributed by atoms with van der Waals surface area (Å²) in [5, 5.41) is 35.0. The van der Waals surface area contributed by atoms with E-state index >= 15 is 0 Å². The van der Waals surface area contributed by atoms with E-state index in [4.69, 9.17) is 4.74 Å². The second kappa shape index (κ2) is 7.43. The summed E-state index contributed by atoms with van der Waals surface area (Å²) in [6.45, 7) is 2.08. The van der Waals surface area contributed by atoms with E-state index in [9.17, 15) is 30.2 Å². The van der Waals surface area contributed by atoms with Crippen molar-refractivity contribution >= 4 is 23.1 Å². The smallest absolute Gasteiger partial charge is 0.339 e. The van der Waals surface area contributed by atoms with Crippen LogP contribution in [0.25, 0.3) is 11.1 Å². The Kier molecular flexibility index (Phi) is 5.03. The number of non-ortho nitro benzene ring substituents is 2. The summed E-state index contributed by atoms with van der Waals surface area (Å²) >= 11 is 0. The van der Waals surface area contributed by atoms with Crippen molar-refractivity contribution in [1.82, 2.24) is 0 Å². The molecule has 144 valence electrons. The largest absolute Gasteiger partial charge is 0.462 e. The lowest BCUT2D eigenvalue weighted by atomic mass is 9.98. The number of nitrogens with zero attached hydrogens (tertiary/aromatic N) is 3. The molecule has 0 aromatic heterocycles. The van der Waals surface area contributed by atoms with Crippen molar-refractivity contribution in [3.05, 3.63) is 67.3 Å². The van der Waals surface area contributed by atoms with E-state index in [1.165, 1.54) is 24.3 Å². The van der Waals surface area contributed by atoms with E-state index in [1.54, 1.807) is 0 Å². The predicted molar refractivity (Wildman–Crippen MR) is 97.8 cm³/mol. The topological polar surface area (TPSA) is 145 Å². The molecule has 0 spiro atoms. The molecular formula is C18H15N3O7. The molecule has 0 saturated heterocycles. The van der Waals surface area contributed by atoms with Crippen molar-refractivity contribution in [3.63, 3.8) is 0 Å². The maximum Gasteiger partial charge on any atom is 0.339 e. The van der Waals surface area contributed by atoms with E-state index in [2.05, 4.69) is 5.16 Å². The van der Waals surface area contributed by atoms with Gasteiger partial charge in [0.15, 0.2) is 0 Å². The number of oxime groups is 1. The molecule has 0 unspecified atom stereocenters. The first-order valence-corrected chi connectivity index (χ1v) is 8.40. The summed E-state index contributed by atoms with van der Waals surface area (Å²) in [6, 6.07) is 6.12. The van der Waals surface area contributed by atoms with Gasteiger partial charge in [-0.15, -0.1) is 0 Å². The van der Waals surface area contributed by atoms with Crippen LogP contribution in [0.1, 0.15) is 41.3 Å². The molecule has 0 saturated carbocycles. The van der Waals surface area contributed by atoms with Gasteiger partial charge in [-0.25, -0.2) is 4.79 Å². The Morgan fingerprint density at radius 1 is 1.07 bits per heavy atom. The SMILES string of the molecule is CCCCOC(=O)c1cc([N+](=O)[O-])cc2c1-c1ccc([N+](=O)[O-])cc1C2=NO. The van der Waals surface area contributed by atoms with Gasteiger partial charge in [0.1, 0.15) is 5.71 Å². The van der Waals surface area contributed by atoms with Crippen LogP contribution in [0.15, 0.2) is 35.5 Å². The Hall–Kier alpha value is -3.82. The molecular weight excluding hydrogens is 370 g/mol. The monoisotopic (exact) mass is 385 g/mol. The minimum absolute atomic E-state index is 0.0611. The van der Waals surface area contributed by atoms with Gasteiger partial charge in [0.05, 0.1) is 22.0 Å². The third-order valence-corrected chi connectivity index (χ3v) is 4.38. The average molecular weight is 385 g/mol. The number of nitro benzene ring substituents is 2. The van der Waals surface area contributed by atoms with Gasteiger partial charge in [-0.2, -0.15) is 0 Å². The lowest BCUT2D eigenvalue weighted by Crippen LogP contribution is -2.10. The van der Waals surface area contributed by atoms with Crippen molar-refractivity contribution < 1.29 is 24.6 Å². The highest BCUT2D eigenvalue weighted by Crippen LogP contribution is 2.43. The second-order valence-corrected chi connectivity index (χ2v) is 6.10. The van der Waals surface area contributed by atoms with Gasteiger partial charge >= 0.3 is 5.97 Å². The van der Waals surface area contributed by atoms with E-state index < -0.39 is 15.8 Å². The summed E-state index contributed by atoms with van der Waals surface area (Å²) in [5.74, 6) is -0.753. The molecule has 1 aliphatic rings. The molecule has 1 aliphatic carbocycles. The fourth-order valence-corrected chi connectivity index (χ4v) is 3.07. The van der Waals surface area contributed by atoms with Crippen LogP contribution in [0.3, 0.4) is 0 Å². The van der Waals surface area contributed by atoms with Gasteiger partial charge < -0.3 is 9.94 Å². The molecule has 10 nitrogen and oxygen atoms in total. The number of unbranched alkanes of at least 4 members (excludes halogenated alkanes) is 1. The van der Waals surface area contributed by atoms with Crippen molar-refractivity contribution in [2.75, 3.05) is 6.61 Å². The lowest BCUT2D eigenvalue weighted by molar-refractivity contribution is -0.385. The average Bonchev–Trinajstić information content (AvgIpc) is 2.99. The number of rotatable bonds is 6. The van der Waals surface area contributed by atoms with Crippen LogP contribution < -0.4 is 0 Å². The number of hydrogen-bond donors (Lipinski definition) is 1.